The highest BCUT2D eigenvalue weighted by Crippen LogP contribution is 2.35. The normalized spacial score (nSPS) is 16.5. The van der Waals surface area contributed by atoms with Crippen molar-refractivity contribution in [1.29, 1.82) is 0 Å². The lowest BCUT2D eigenvalue weighted by atomic mass is 10.1. The van der Waals surface area contributed by atoms with Gasteiger partial charge in [0.25, 0.3) is 0 Å². The zero-order valence-corrected chi connectivity index (χ0v) is 12.0. The number of halogens is 3. The first-order valence-corrected chi connectivity index (χ1v) is 6.34. The second kappa shape index (κ2) is 6.71. The van der Waals surface area contributed by atoms with Crippen molar-refractivity contribution in [3.63, 3.8) is 0 Å². The Balaban J connectivity index is 0.00000162. The lowest BCUT2D eigenvalue weighted by Gasteiger charge is -2.27. The molecular weight excluding hydrogens is 274 g/mol. The monoisotopic (exact) mass is 292 g/mol. The van der Waals surface area contributed by atoms with E-state index in [-0.39, 0.29) is 23.2 Å². The highest BCUT2D eigenvalue weighted by atomic mass is 35.5. The van der Waals surface area contributed by atoms with Gasteiger partial charge in [0, 0.05) is 24.7 Å². The summed E-state index contributed by atoms with van der Waals surface area (Å²) in [6.07, 6.45) is 2.48. The van der Waals surface area contributed by atoms with Gasteiger partial charge in [0.1, 0.15) is 5.82 Å². The lowest BCUT2D eigenvalue weighted by Crippen LogP contribution is -2.39. The van der Waals surface area contributed by atoms with Crippen LogP contribution in [-0.2, 0) is 6.54 Å². The minimum Gasteiger partial charge on any atom is -0.329 e. The molecular formula is C13H19Cl2FN2. The molecule has 0 spiro atoms. The zero-order valence-electron chi connectivity index (χ0n) is 10.4. The van der Waals surface area contributed by atoms with Crippen molar-refractivity contribution < 1.29 is 4.39 Å². The van der Waals surface area contributed by atoms with Crippen molar-refractivity contribution in [2.45, 2.75) is 25.4 Å². The zero-order chi connectivity index (χ0) is 12.4. The first-order valence-electron chi connectivity index (χ1n) is 5.96. The molecule has 0 bridgehead atoms. The van der Waals surface area contributed by atoms with E-state index in [1.54, 1.807) is 18.2 Å². The molecule has 2 N–H and O–H groups in total. The predicted molar refractivity (Wildman–Crippen MR) is 75.7 cm³/mol. The molecule has 1 aromatic rings. The van der Waals surface area contributed by atoms with Crippen LogP contribution in [0.15, 0.2) is 18.2 Å². The summed E-state index contributed by atoms with van der Waals surface area (Å²) in [6, 6.07) is 5.48. The second-order valence-electron chi connectivity index (χ2n) is 4.77. The van der Waals surface area contributed by atoms with E-state index in [9.17, 15) is 4.39 Å². The van der Waals surface area contributed by atoms with E-state index in [0.717, 1.165) is 0 Å². The molecule has 1 atom stereocenters. The van der Waals surface area contributed by atoms with Gasteiger partial charge in [0.05, 0.1) is 5.02 Å². The van der Waals surface area contributed by atoms with Gasteiger partial charge in [-0.25, -0.2) is 4.39 Å². The van der Waals surface area contributed by atoms with Crippen molar-refractivity contribution in [1.82, 2.24) is 4.90 Å². The lowest BCUT2D eigenvalue weighted by molar-refractivity contribution is 0.213. The molecule has 18 heavy (non-hydrogen) atoms. The molecule has 0 radical (unpaired) electrons. The van der Waals surface area contributed by atoms with Crippen molar-refractivity contribution in [3.05, 3.63) is 34.6 Å². The SMILES string of the molecule is CN(Cc1cccc(Cl)c1F)C(CN)C1CC1.Cl. The summed E-state index contributed by atoms with van der Waals surface area (Å²) in [7, 11) is 2.00. The molecule has 1 saturated carbocycles. The van der Waals surface area contributed by atoms with Crippen LogP contribution in [0, 0.1) is 11.7 Å². The minimum absolute atomic E-state index is 0. The fraction of sp³-hybridized carbons (Fsp3) is 0.538. The fourth-order valence-electron chi connectivity index (χ4n) is 2.27. The van der Waals surface area contributed by atoms with Gasteiger partial charge in [-0.05, 0) is 31.9 Å². The van der Waals surface area contributed by atoms with Gasteiger partial charge < -0.3 is 5.73 Å². The van der Waals surface area contributed by atoms with Gasteiger partial charge in [-0.1, -0.05) is 23.7 Å². The maximum Gasteiger partial charge on any atom is 0.146 e. The van der Waals surface area contributed by atoms with E-state index in [0.29, 0.717) is 30.6 Å². The molecule has 2 rings (SSSR count). The Labute approximate surface area is 119 Å². The van der Waals surface area contributed by atoms with Crippen LogP contribution in [0.4, 0.5) is 4.39 Å². The molecule has 0 amide bonds. The maximum atomic E-state index is 13.8. The summed E-state index contributed by atoms with van der Waals surface area (Å²) in [4.78, 5) is 2.13. The molecule has 1 fully saturated rings. The van der Waals surface area contributed by atoms with E-state index in [2.05, 4.69) is 4.90 Å². The Bertz CT molecular complexity index is 397. The highest BCUT2D eigenvalue weighted by molar-refractivity contribution is 6.30. The first-order chi connectivity index (χ1) is 8.13. The first kappa shape index (κ1) is 15.7. The van der Waals surface area contributed by atoms with Crippen LogP contribution in [-0.4, -0.2) is 24.5 Å². The summed E-state index contributed by atoms with van der Waals surface area (Å²) < 4.78 is 13.8. The standard InChI is InChI=1S/C13H18ClFN2.ClH/c1-17(12(7-16)9-5-6-9)8-10-3-2-4-11(14)13(10)15;/h2-4,9,12H,5-8,16H2,1H3;1H. The minimum atomic E-state index is -0.312. The van der Waals surface area contributed by atoms with Gasteiger partial charge in [-0.15, -0.1) is 12.4 Å². The van der Waals surface area contributed by atoms with Gasteiger partial charge in [0.15, 0.2) is 0 Å². The third-order valence-corrected chi connectivity index (χ3v) is 3.72. The number of rotatable bonds is 5. The van der Waals surface area contributed by atoms with Crippen LogP contribution in [0.2, 0.25) is 5.02 Å². The predicted octanol–water partition coefficient (Wildman–Crippen LogP) is 3.07. The molecule has 1 aromatic carbocycles. The largest absolute Gasteiger partial charge is 0.329 e. The third kappa shape index (κ3) is 3.58. The van der Waals surface area contributed by atoms with Crippen LogP contribution >= 0.6 is 24.0 Å². The van der Waals surface area contributed by atoms with Crippen LogP contribution in [0.5, 0.6) is 0 Å². The molecule has 0 heterocycles. The van der Waals surface area contributed by atoms with E-state index >= 15 is 0 Å². The average Bonchev–Trinajstić information content (AvgIpc) is 3.10. The van der Waals surface area contributed by atoms with E-state index < -0.39 is 0 Å². The topological polar surface area (TPSA) is 29.3 Å². The Morgan fingerprint density at radius 2 is 2.17 bits per heavy atom. The molecule has 5 heteroatoms. The van der Waals surface area contributed by atoms with Crippen LogP contribution in [0.25, 0.3) is 0 Å². The number of hydrogen-bond donors (Lipinski definition) is 1. The number of benzene rings is 1. The molecule has 1 aliphatic rings. The quantitative estimate of drug-likeness (QED) is 0.904. The van der Waals surface area contributed by atoms with Gasteiger partial charge >= 0.3 is 0 Å². The summed E-state index contributed by atoms with van der Waals surface area (Å²) in [5.74, 6) is 0.375. The summed E-state index contributed by atoms with van der Waals surface area (Å²) in [5.41, 5.74) is 6.41. The highest BCUT2D eigenvalue weighted by Gasteiger charge is 2.32. The van der Waals surface area contributed by atoms with Gasteiger partial charge in [0.2, 0.25) is 0 Å². The number of likely N-dealkylation sites (N-methyl/N-ethyl adjacent to an activating group) is 1. The molecule has 0 aromatic heterocycles. The Morgan fingerprint density at radius 1 is 1.50 bits per heavy atom. The number of nitrogens with two attached hydrogens (primary N) is 1. The Hall–Kier alpha value is -0.350. The molecule has 102 valence electrons. The molecule has 2 nitrogen and oxygen atoms in total. The maximum absolute atomic E-state index is 13.8. The summed E-state index contributed by atoms with van der Waals surface area (Å²) in [5, 5.41) is 0.187. The molecule has 0 aliphatic heterocycles. The molecule has 0 saturated heterocycles. The molecule has 1 aliphatic carbocycles. The van der Waals surface area contributed by atoms with Gasteiger partial charge in [-0.3, -0.25) is 4.90 Å². The Morgan fingerprint density at radius 3 is 2.72 bits per heavy atom. The number of hydrogen-bond acceptors (Lipinski definition) is 2. The van der Waals surface area contributed by atoms with Crippen molar-refractivity contribution in [2.75, 3.05) is 13.6 Å². The average molecular weight is 293 g/mol. The van der Waals surface area contributed by atoms with Crippen molar-refractivity contribution in [3.8, 4) is 0 Å². The fourth-order valence-corrected chi connectivity index (χ4v) is 2.46. The van der Waals surface area contributed by atoms with E-state index in [1.165, 1.54) is 12.8 Å². The van der Waals surface area contributed by atoms with Gasteiger partial charge in [-0.2, -0.15) is 0 Å². The Kier molecular flexibility index (Phi) is 5.86. The van der Waals surface area contributed by atoms with Crippen molar-refractivity contribution >= 4 is 24.0 Å². The summed E-state index contributed by atoms with van der Waals surface area (Å²) in [6.45, 7) is 1.19. The second-order valence-corrected chi connectivity index (χ2v) is 5.18. The van der Waals surface area contributed by atoms with E-state index in [1.807, 2.05) is 7.05 Å². The van der Waals surface area contributed by atoms with Crippen LogP contribution < -0.4 is 5.73 Å². The van der Waals surface area contributed by atoms with Crippen LogP contribution in [0.3, 0.4) is 0 Å². The number of nitrogens with zero attached hydrogens (tertiary/aromatic N) is 1. The van der Waals surface area contributed by atoms with Crippen LogP contribution in [0.1, 0.15) is 18.4 Å². The van der Waals surface area contributed by atoms with Crippen molar-refractivity contribution in [2.24, 2.45) is 11.7 Å². The molecule has 1 unspecified atom stereocenters. The smallest absolute Gasteiger partial charge is 0.146 e. The third-order valence-electron chi connectivity index (χ3n) is 3.43. The summed E-state index contributed by atoms with van der Waals surface area (Å²) >= 11 is 5.77. The van der Waals surface area contributed by atoms with E-state index in [4.69, 9.17) is 17.3 Å².